The third-order valence-corrected chi connectivity index (χ3v) is 4.63. The first kappa shape index (κ1) is 14.0. The van der Waals surface area contributed by atoms with Crippen LogP contribution in [0.15, 0.2) is 24.3 Å². The first-order chi connectivity index (χ1) is 9.08. The Morgan fingerprint density at radius 3 is 2.63 bits per heavy atom. The Balaban J connectivity index is 1.96. The van der Waals surface area contributed by atoms with Gasteiger partial charge < -0.3 is 11.1 Å². The highest BCUT2D eigenvalue weighted by Crippen LogP contribution is 2.17. The van der Waals surface area contributed by atoms with E-state index < -0.39 is 10.8 Å². The molecule has 2 rings (SSSR count). The van der Waals surface area contributed by atoms with Crippen LogP contribution >= 0.6 is 0 Å². The lowest BCUT2D eigenvalue weighted by Crippen LogP contribution is -2.48. The number of amides is 1. The van der Waals surface area contributed by atoms with Gasteiger partial charge in [-0.3, -0.25) is 13.9 Å². The number of nitrogens with zero attached hydrogens (tertiary/aromatic N) is 1. The number of para-hydroxylation sites is 2. The molecule has 1 aliphatic rings. The van der Waals surface area contributed by atoms with Gasteiger partial charge in [-0.25, -0.2) is 0 Å². The predicted octanol–water partition coefficient (Wildman–Crippen LogP) is 0.660. The van der Waals surface area contributed by atoms with Crippen molar-refractivity contribution in [3.8, 4) is 0 Å². The molecule has 19 heavy (non-hydrogen) atoms. The molecule has 1 fully saturated rings. The van der Waals surface area contributed by atoms with Gasteiger partial charge in [0.15, 0.2) is 0 Å². The van der Waals surface area contributed by atoms with Gasteiger partial charge in [-0.2, -0.15) is 0 Å². The molecule has 1 amide bonds. The number of nitrogens with one attached hydrogen (secondary N) is 1. The van der Waals surface area contributed by atoms with Crippen LogP contribution in [0.4, 0.5) is 11.4 Å². The number of nitrogens with two attached hydrogens (primary N) is 1. The van der Waals surface area contributed by atoms with E-state index in [1.807, 2.05) is 19.1 Å². The second-order valence-corrected chi connectivity index (χ2v) is 6.33. The summed E-state index contributed by atoms with van der Waals surface area (Å²) in [5.41, 5.74) is 6.99. The number of carbonyl (C=O) groups is 1. The average molecular weight is 281 g/mol. The number of hydrogen-bond donors (Lipinski definition) is 2. The van der Waals surface area contributed by atoms with E-state index in [1.54, 1.807) is 12.1 Å². The van der Waals surface area contributed by atoms with Crippen LogP contribution in [0.2, 0.25) is 0 Å². The van der Waals surface area contributed by atoms with E-state index in [4.69, 9.17) is 5.73 Å². The molecular weight excluding hydrogens is 262 g/mol. The molecular formula is C13H19N3O2S. The Hall–Kier alpha value is -1.40. The van der Waals surface area contributed by atoms with Crippen LogP contribution in [0.25, 0.3) is 0 Å². The molecule has 0 aromatic heterocycles. The van der Waals surface area contributed by atoms with Gasteiger partial charge in [-0.1, -0.05) is 12.1 Å². The summed E-state index contributed by atoms with van der Waals surface area (Å²) in [6.45, 7) is 3.26. The highest BCUT2D eigenvalue weighted by atomic mass is 32.2. The molecule has 1 saturated heterocycles. The molecule has 0 saturated carbocycles. The molecule has 6 heteroatoms. The van der Waals surface area contributed by atoms with E-state index in [0.717, 1.165) is 0 Å². The molecule has 1 aromatic rings. The Bertz CT molecular complexity index is 483. The molecule has 1 atom stereocenters. The Kier molecular flexibility index (Phi) is 4.55. The molecule has 0 bridgehead atoms. The molecule has 3 N–H and O–H groups in total. The minimum absolute atomic E-state index is 0.0782. The number of hydrogen-bond acceptors (Lipinski definition) is 4. The van der Waals surface area contributed by atoms with Gasteiger partial charge in [0.05, 0.1) is 17.4 Å². The number of rotatable bonds is 3. The Labute approximate surface area is 115 Å². The maximum atomic E-state index is 12.2. The topological polar surface area (TPSA) is 75.4 Å². The zero-order chi connectivity index (χ0) is 13.8. The quantitative estimate of drug-likeness (QED) is 0.798. The van der Waals surface area contributed by atoms with Gasteiger partial charge in [0, 0.05) is 35.4 Å². The second-order valence-electron chi connectivity index (χ2n) is 4.64. The highest BCUT2D eigenvalue weighted by Gasteiger charge is 2.25. The summed E-state index contributed by atoms with van der Waals surface area (Å²) in [5.74, 6) is 1.21. The van der Waals surface area contributed by atoms with Gasteiger partial charge in [0.25, 0.3) is 0 Å². The SMILES string of the molecule is CC(C(=O)Nc1ccccc1N)N1CCS(=O)CC1. The van der Waals surface area contributed by atoms with Gasteiger partial charge in [-0.15, -0.1) is 0 Å². The fourth-order valence-electron chi connectivity index (χ4n) is 2.05. The monoisotopic (exact) mass is 281 g/mol. The largest absolute Gasteiger partial charge is 0.397 e. The lowest BCUT2D eigenvalue weighted by Gasteiger charge is -2.31. The summed E-state index contributed by atoms with van der Waals surface area (Å²) in [4.78, 5) is 14.2. The van der Waals surface area contributed by atoms with E-state index in [2.05, 4.69) is 10.2 Å². The van der Waals surface area contributed by atoms with E-state index in [9.17, 15) is 9.00 Å². The number of nitrogen functional groups attached to an aromatic ring is 1. The molecule has 0 radical (unpaired) electrons. The smallest absolute Gasteiger partial charge is 0.241 e. The third kappa shape index (κ3) is 3.54. The number of benzene rings is 1. The van der Waals surface area contributed by atoms with Gasteiger partial charge >= 0.3 is 0 Å². The van der Waals surface area contributed by atoms with Crippen molar-refractivity contribution in [2.75, 3.05) is 35.6 Å². The van der Waals surface area contributed by atoms with Gasteiger partial charge in [0.2, 0.25) is 5.91 Å². The van der Waals surface area contributed by atoms with Gasteiger partial charge in [-0.05, 0) is 19.1 Å². The maximum Gasteiger partial charge on any atom is 0.241 e. The molecule has 0 aliphatic carbocycles. The van der Waals surface area contributed by atoms with Gasteiger partial charge in [0.1, 0.15) is 0 Å². The van der Waals surface area contributed by atoms with Crippen molar-refractivity contribution in [1.29, 1.82) is 0 Å². The molecule has 1 unspecified atom stereocenters. The summed E-state index contributed by atoms with van der Waals surface area (Å²) < 4.78 is 11.3. The van der Waals surface area contributed by atoms with Crippen molar-refractivity contribution < 1.29 is 9.00 Å². The van der Waals surface area contributed by atoms with Crippen LogP contribution in [0.1, 0.15) is 6.92 Å². The lowest BCUT2D eigenvalue weighted by atomic mass is 10.2. The normalized spacial score (nSPS) is 19.0. The van der Waals surface area contributed by atoms with E-state index in [-0.39, 0.29) is 11.9 Å². The van der Waals surface area contributed by atoms with Crippen molar-refractivity contribution in [2.45, 2.75) is 13.0 Å². The van der Waals surface area contributed by atoms with Crippen LogP contribution < -0.4 is 11.1 Å². The first-order valence-corrected chi connectivity index (χ1v) is 7.81. The Morgan fingerprint density at radius 1 is 1.37 bits per heavy atom. The fourth-order valence-corrected chi connectivity index (χ4v) is 3.13. The molecule has 0 spiro atoms. The van der Waals surface area contributed by atoms with Crippen molar-refractivity contribution in [3.63, 3.8) is 0 Å². The maximum absolute atomic E-state index is 12.2. The van der Waals surface area contributed by atoms with Crippen molar-refractivity contribution >= 4 is 28.1 Å². The molecule has 1 aromatic carbocycles. The van der Waals surface area contributed by atoms with Crippen LogP contribution in [0.3, 0.4) is 0 Å². The molecule has 104 valence electrons. The standard InChI is InChI=1S/C13H19N3O2S/c1-10(16-6-8-19(18)9-7-16)13(17)15-12-5-3-2-4-11(12)14/h2-5,10H,6-9,14H2,1H3,(H,15,17). The average Bonchev–Trinajstić information content (AvgIpc) is 2.41. The molecule has 1 aliphatic heterocycles. The zero-order valence-corrected chi connectivity index (χ0v) is 11.8. The predicted molar refractivity (Wildman–Crippen MR) is 78.4 cm³/mol. The van der Waals surface area contributed by atoms with Crippen LogP contribution in [0, 0.1) is 0 Å². The molecule has 5 nitrogen and oxygen atoms in total. The van der Waals surface area contributed by atoms with Crippen LogP contribution in [-0.2, 0) is 15.6 Å². The second kappa shape index (κ2) is 6.16. The number of carbonyl (C=O) groups excluding carboxylic acids is 1. The van der Waals surface area contributed by atoms with Crippen molar-refractivity contribution in [2.24, 2.45) is 0 Å². The summed E-state index contributed by atoms with van der Waals surface area (Å²) in [6, 6.07) is 6.96. The summed E-state index contributed by atoms with van der Waals surface area (Å²) in [5, 5.41) is 2.84. The minimum atomic E-state index is -0.726. The van der Waals surface area contributed by atoms with E-state index in [0.29, 0.717) is 36.0 Å². The summed E-state index contributed by atoms with van der Waals surface area (Å²) in [7, 11) is -0.726. The third-order valence-electron chi connectivity index (χ3n) is 3.36. The first-order valence-electron chi connectivity index (χ1n) is 6.32. The van der Waals surface area contributed by atoms with Crippen molar-refractivity contribution in [1.82, 2.24) is 4.90 Å². The highest BCUT2D eigenvalue weighted by molar-refractivity contribution is 7.85. The van der Waals surface area contributed by atoms with E-state index in [1.165, 1.54) is 0 Å². The summed E-state index contributed by atoms with van der Waals surface area (Å²) >= 11 is 0. The lowest BCUT2D eigenvalue weighted by molar-refractivity contribution is -0.120. The minimum Gasteiger partial charge on any atom is -0.397 e. The zero-order valence-electron chi connectivity index (χ0n) is 11.0. The molecule has 1 heterocycles. The van der Waals surface area contributed by atoms with Crippen LogP contribution in [-0.4, -0.2) is 45.7 Å². The fraction of sp³-hybridized carbons (Fsp3) is 0.462. The number of anilines is 2. The van der Waals surface area contributed by atoms with Crippen LogP contribution in [0.5, 0.6) is 0 Å². The van der Waals surface area contributed by atoms with E-state index >= 15 is 0 Å². The summed E-state index contributed by atoms with van der Waals surface area (Å²) in [6.07, 6.45) is 0. The van der Waals surface area contributed by atoms with Crippen molar-refractivity contribution in [3.05, 3.63) is 24.3 Å². The Morgan fingerprint density at radius 2 is 2.00 bits per heavy atom.